The van der Waals surface area contributed by atoms with E-state index in [-0.39, 0.29) is 0 Å². The van der Waals surface area contributed by atoms with Crippen molar-refractivity contribution in [2.75, 3.05) is 11.9 Å². The number of halogens is 1. The van der Waals surface area contributed by atoms with Crippen molar-refractivity contribution in [1.29, 1.82) is 0 Å². The molecule has 1 fully saturated rings. The summed E-state index contributed by atoms with van der Waals surface area (Å²) in [5.41, 5.74) is 8.37. The third kappa shape index (κ3) is 3.07. The number of nitrogens with two attached hydrogens (primary N) is 1. The van der Waals surface area contributed by atoms with Crippen LogP contribution in [0.5, 0.6) is 0 Å². The molecule has 1 saturated carbocycles. The molecular formula is C15H23BrN2. The third-order valence-electron chi connectivity index (χ3n) is 4.10. The van der Waals surface area contributed by atoms with Gasteiger partial charge < -0.3 is 10.6 Å². The molecule has 2 N–H and O–H groups in total. The molecule has 1 aliphatic carbocycles. The lowest BCUT2D eigenvalue weighted by atomic mass is 9.86. The van der Waals surface area contributed by atoms with Gasteiger partial charge in [-0.2, -0.15) is 0 Å². The Morgan fingerprint density at radius 1 is 1.39 bits per heavy atom. The Kier molecular flexibility index (Phi) is 4.68. The molecule has 1 aromatic carbocycles. The lowest BCUT2D eigenvalue weighted by molar-refractivity contribution is 0.336. The second-order valence-electron chi connectivity index (χ2n) is 5.51. The summed E-state index contributed by atoms with van der Waals surface area (Å²) in [5.74, 6) is 0.847. The van der Waals surface area contributed by atoms with Gasteiger partial charge in [-0.05, 0) is 36.5 Å². The Balaban J connectivity index is 2.21. The second kappa shape index (κ2) is 6.07. The van der Waals surface area contributed by atoms with Crippen LogP contribution >= 0.6 is 15.9 Å². The van der Waals surface area contributed by atoms with E-state index < -0.39 is 0 Å². The SMILES string of the molecule is CC1CCCC(N(C)c2cc(Br)ccc2CN)C1. The van der Waals surface area contributed by atoms with Gasteiger partial charge in [0.25, 0.3) is 0 Å². The first kappa shape index (κ1) is 13.9. The van der Waals surface area contributed by atoms with E-state index in [2.05, 4.69) is 53.0 Å². The molecule has 0 radical (unpaired) electrons. The van der Waals surface area contributed by atoms with Crippen molar-refractivity contribution in [2.45, 2.75) is 45.2 Å². The third-order valence-corrected chi connectivity index (χ3v) is 4.60. The van der Waals surface area contributed by atoms with E-state index in [1.165, 1.54) is 36.9 Å². The quantitative estimate of drug-likeness (QED) is 0.916. The van der Waals surface area contributed by atoms with E-state index >= 15 is 0 Å². The highest BCUT2D eigenvalue weighted by Gasteiger charge is 2.23. The van der Waals surface area contributed by atoms with Crippen LogP contribution in [0.1, 0.15) is 38.2 Å². The minimum absolute atomic E-state index is 0.606. The zero-order valence-electron chi connectivity index (χ0n) is 11.3. The topological polar surface area (TPSA) is 29.3 Å². The first-order chi connectivity index (χ1) is 8.61. The molecule has 100 valence electrons. The molecule has 18 heavy (non-hydrogen) atoms. The Morgan fingerprint density at radius 2 is 2.17 bits per heavy atom. The predicted octanol–water partition coefficient (Wildman–Crippen LogP) is 3.92. The molecule has 2 unspecified atom stereocenters. The van der Waals surface area contributed by atoms with Gasteiger partial charge >= 0.3 is 0 Å². The molecule has 1 aliphatic rings. The van der Waals surface area contributed by atoms with Gasteiger partial charge in [0.15, 0.2) is 0 Å². The zero-order chi connectivity index (χ0) is 13.1. The van der Waals surface area contributed by atoms with Gasteiger partial charge in [-0.15, -0.1) is 0 Å². The maximum absolute atomic E-state index is 5.85. The molecular weight excluding hydrogens is 288 g/mol. The first-order valence-electron chi connectivity index (χ1n) is 6.83. The van der Waals surface area contributed by atoms with Gasteiger partial charge in [-0.25, -0.2) is 0 Å². The summed E-state index contributed by atoms with van der Waals surface area (Å²) in [7, 11) is 2.21. The van der Waals surface area contributed by atoms with Crippen molar-refractivity contribution < 1.29 is 0 Å². The average molecular weight is 311 g/mol. The Morgan fingerprint density at radius 3 is 2.83 bits per heavy atom. The van der Waals surface area contributed by atoms with Crippen LogP contribution in [0.4, 0.5) is 5.69 Å². The van der Waals surface area contributed by atoms with E-state index in [4.69, 9.17) is 5.73 Å². The zero-order valence-corrected chi connectivity index (χ0v) is 12.9. The molecule has 0 heterocycles. The highest BCUT2D eigenvalue weighted by molar-refractivity contribution is 9.10. The van der Waals surface area contributed by atoms with E-state index in [0.29, 0.717) is 12.6 Å². The smallest absolute Gasteiger partial charge is 0.0422 e. The van der Waals surface area contributed by atoms with Crippen LogP contribution in [0.3, 0.4) is 0 Å². The number of rotatable bonds is 3. The molecule has 0 bridgehead atoms. The summed E-state index contributed by atoms with van der Waals surface area (Å²) in [6.45, 7) is 2.97. The molecule has 0 amide bonds. The molecule has 2 nitrogen and oxygen atoms in total. The van der Waals surface area contributed by atoms with Crippen molar-refractivity contribution in [3.63, 3.8) is 0 Å². The van der Waals surface area contributed by atoms with Crippen molar-refractivity contribution >= 4 is 21.6 Å². The fourth-order valence-electron chi connectivity index (χ4n) is 2.99. The molecule has 2 atom stereocenters. The van der Waals surface area contributed by atoms with Gasteiger partial charge in [0, 0.05) is 29.8 Å². The largest absolute Gasteiger partial charge is 0.371 e. The molecule has 1 aromatic rings. The fourth-order valence-corrected chi connectivity index (χ4v) is 3.34. The maximum Gasteiger partial charge on any atom is 0.0422 e. The number of benzene rings is 1. The van der Waals surface area contributed by atoms with E-state index in [0.717, 1.165) is 10.4 Å². The van der Waals surface area contributed by atoms with Gasteiger partial charge in [0.1, 0.15) is 0 Å². The van der Waals surface area contributed by atoms with Crippen LogP contribution in [0.25, 0.3) is 0 Å². The number of nitrogens with zero attached hydrogens (tertiary/aromatic N) is 1. The Hall–Kier alpha value is -0.540. The van der Waals surface area contributed by atoms with Crippen LogP contribution in [0.2, 0.25) is 0 Å². The molecule has 0 saturated heterocycles. The molecule has 0 aromatic heterocycles. The Bertz CT molecular complexity index is 405. The summed E-state index contributed by atoms with van der Waals surface area (Å²) in [4.78, 5) is 2.43. The number of hydrogen-bond donors (Lipinski definition) is 1. The van der Waals surface area contributed by atoms with Crippen LogP contribution in [0.15, 0.2) is 22.7 Å². The Labute approximate surface area is 119 Å². The lowest BCUT2D eigenvalue weighted by Crippen LogP contribution is -2.36. The highest BCUT2D eigenvalue weighted by Crippen LogP contribution is 2.32. The number of hydrogen-bond acceptors (Lipinski definition) is 2. The second-order valence-corrected chi connectivity index (χ2v) is 6.43. The van der Waals surface area contributed by atoms with Gasteiger partial charge in [-0.1, -0.05) is 41.8 Å². The summed E-state index contributed by atoms with van der Waals surface area (Å²) in [6, 6.07) is 7.06. The molecule has 0 aliphatic heterocycles. The molecule has 3 heteroatoms. The average Bonchev–Trinajstić information content (AvgIpc) is 2.38. The lowest BCUT2D eigenvalue weighted by Gasteiger charge is -2.36. The fraction of sp³-hybridized carbons (Fsp3) is 0.600. The maximum atomic E-state index is 5.85. The normalized spacial score (nSPS) is 24.0. The minimum Gasteiger partial charge on any atom is -0.371 e. The van der Waals surface area contributed by atoms with E-state index in [1.807, 2.05) is 0 Å². The highest BCUT2D eigenvalue weighted by atomic mass is 79.9. The summed E-state index contributed by atoms with van der Waals surface area (Å²) in [5, 5.41) is 0. The standard InChI is InChI=1S/C15H23BrN2/c1-11-4-3-5-14(8-11)18(2)15-9-13(16)7-6-12(15)10-17/h6-7,9,11,14H,3-5,8,10,17H2,1-2H3. The van der Waals surface area contributed by atoms with E-state index in [9.17, 15) is 0 Å². The monoisotopic (exact) mass is 310 g/mol. The number of anilines is 1. The van der Waals surface area contributed by atoms with Gasteiger partial charge in [0.05, 0.1) is 0 Å². The summed E-state index contributed by atoms with van der Waals surface area (Å²) in [6.07, 6.45) is 5.33. The molecule has 0 spiro atoms. The van der Waals surface area contributed by atoms with Gasteiger partial charge in [0.2, 0.25) is 0 Å². The van der Waals surface area contributed by atoms with Crippen molar-refractivity contribution in [3.8, 4) is 0 Å². The van der Waals surface area contributed by atoms with Crippen molar-refractivity contribution in [1.82, 2.24) is 0 Å². The molecule has 2 rings (SSSR count). The van der Waals surface area contributed by atoms with Gasteiger partial charge in [-0.3, -0.25) is 0 Å². The first-order valence-corrected chi connectivity index (χ1v) is 7.62. The van der Waals surface area contributed by atoms with Crippen LogP contribution < -0.4 is 10.6 Å². The van der Waals surface area contributed by atoms with Crippen LogP contribution in [-0.4, -0.2) is 13.1 Å². The van der Waals surface area contributed by atoms with Crippen molar-refractivity contribution in [3.05, 3.63) is 28.2 Å². The predicted molar refractivity (Wildman–Crippen MR) is 81.9 cm³/mol. The summed E-state index contributed by atoms with van der Waals surface area (Å²) >= 11 is 3.56. The van der Waals surface area contributed by atoms with E-state index in [1.54, 1.807) is 0 Å². The van der Waals surface area contributed by atoms with Crippen LogP contribution in [0, 0.1) is 5.92 Å². The van der Waals surface area contributed by atoms with Crippen molar-refractivity contribution in [2.24, 2.45) is 11.7 Å². The minimum atomic E-state index is 0.606. The van der Waals surface area contributed by atoms with Crippen LogP contribution in [-0.2, 0) is 6.54 Å². The summed E-state index contributed by atoms with van der Waals surface area (Å²) < 4.78 is 1.13.